The van der Waals surface area contributed by atoms with Gasteiger partial charge in [-0.2, -0.15) is 0 Å². The third kappa shape index (κ3) is 10.5. The van der Waals surface area contributed by atoms with Gasteiger partial charge in [-0.3, -0.25) is 4.99 Å². The molecule has 0 unspecified atom stereocenters. The fourth-order valence-corrected chi connectivity index (χ4v) is 1.92. The molecule has 0 spiro atoms. The lowest BCUT2D eigenvalue weighted by molar-refractivity contribution is 0.324. The van der Waals surface area contributed by atoms with Gasteiger partial charge in [-0.1, -0.05) is 20.3 Å². The molecule has 0 fully saturated rings. The van der Waals surface area contributed by atoms with Gasteiger partial charge in [-0.05, 0) is 52.7 Å². The van der Waals surface area contributed by atoms with Crippen LogP contribution in [0.25, 0.3) is 0 Å². The number of nitrogens with zero attached hydrogens (tertiary/aromatic N) is 3. The maximum Gasteiger partial charge on any atom is 0.0512 e. The summed E-state index contributed by atoms with van der Waals surface area (Å²) in [7, 11) is 6.44. The zero-order chi connectivity index (χ0) is 13.1. The summed E-state index contributed by atoms with van der Waals surface area (Å²) in [6, 6.07) is 0. The summed E-state index contributed by atoms with van der Waals surface area (Å²) in [4.78, 5) is 9.11. The molecule has 17 heavy (non-hydrogen) atoms. The van der Waals surface area contributed by atoms with E-state index in [0.29, 0.717) is 0 Å². The average Bonchev–Trinajstić information content (AvgIpc) is 2.26. The minimum absolute atomic E-state index is 0.752. The molecule has 0 aliphatic rings. The number of aliphatic imine (C=N–C) groups is 1. The highest BCUT2D eigenvalue weighted by atomic mass is 15.1. The normalized spacial score (nSPS) is 14.1. The van der Waals surface area contributed by atoms with E-state index in [1.165, 1.54) is 19.4 Å². The molecule has 0 aliphatic heterocycles. The molecule has 0 rings (SSSR count). The predicted molar refractivity (Wildman–Crippen MR) is 78.1 cm³/mol. The van der Waals surface area contributed by atoms with Crippen molar-refractivity contribution in [3.8, 4) is 0 Å². The Kier molecular flexibility index (Phi) is 10.5. The monoisotopic (exact) mass is 241 g/mol. The van der Waals surface area contributed by atoms with Crippen molar-refractivity contribution in [1.29, 1.82) is 0 Å². The highest BCUT2D eigenvalue weighted by Gasteiger charge is 2.05. The van der Waals surface area contributed by atoms with E-state index in [2.05, 4.69) is 56.0 Å². The molecule has 0 N–H and O–H groups in total. The van der Waals surface area contributed by atoms with E-state index in [-0.39, 0.29) is 0 Å². The van der Waals surface area contributed by atoms with Crippen LogP contribution in [-0.2, 0) is 0 Å². The van der Waals surface area contributed by atoms with Crippen molar-refractivity contribution in [1.82, 2.24) is 9.80 Å². The van der Waals surface area contributed by atoms with Gasteiger partial charge in [0.05, 0.1) is 6.54 Å². The van der Waals surface area contributed by atoms with E-state index in [1.54, 1.807) is 0 Å². The standard InChI is InChI=1S/C14H31N3/c1-6-11-17(5)12-10-15-9-8-14(7-2)13-16(3)4/h9,14H,6-8,10-13H2,1-5H3/t14-/m1/s1. The minimum Gasteiger partial charge on any atom is -0.309 e. The van der Waals surface area contributed by atoms with Gasteiger partial charge in [0, 0.05) is 13.1 Å². The first kappa shape index (κ1) is 16.6. The van der Waals surface area contributed by atoms with E-state index in [4.69, 9.17) is 0 Å². The Morgan fingerprint density at radius 3 is 2.35 bits per heavy atom. The number of hydrogen-bond donors (Lipinski definition) is 0. The SMILES string of the molecule is CCCN(C)CCN=CC[C@@H](CC)CN(C)C. The van der Waals surface area contributed by atoms with Gasteiger partial charge in [-0.25, -0.2) is 0 Å². The van der Waals surface area contributed by atoms with Gasteiger partial charge >= 0.3 is 0 Å². The molecule has 3 heteroatoms. The van der Waals surface area contributed by atoms with E-state index in [1.807, 2.05) is 0 Å². The quantitative estimate of drug-likeness (QED) is 0.547. The molecule has 0 saturated carbocycles. The third-order valence-corrected chi connectivity index (χ3v) is 2.98. The Hall–Kier alpha value is -0.410. The molecule has 0 heterocycles. The Labute approximate surface area is 108 Å². The highest BCUT2D eigenvalue weighted by Crippen LogP contribution is 2.07. The number of rotatable bonds is 10. The van der Waals surface area contributed by atoms with Crippen molar-refractivity contribution in [3.05, 3.63) is 0 Å². The maximum atomic E-state index is 4.50. The van der Waals surface area contributed by atoms with Crippen molar-refractivity contribution >= 4 is 6.21 Å². The molecule has 0 saturated heterocycles. The van der Waals surface area contributed by atoms with E-state index in [9.17, 15) is 0 Å². The fourth-order valence-electron chi connectivity index (χ4n) is 1.92. The molecule has 3 nitrogen and oxygen atoms in total. The van der Waals surface area contributed by atoms with Gasteiger partial charge in [0.1, 0.15) is 0 Å². The van der Waals surface area contributed by atoms with E-state index >= 15 is 0 Å². The van der Waals surface area contributed by atoms with Crippen molar-refractivity contribution < 1.29 is 0 Å². The summed E-state index contributed by atoms with van der Waals surface area (Å²) in [5.74, 6) is 0.752. The molecule has 1 atom stereocenters. The van der Waals surface area contributed by atoms with Crippen molar-refractivity contribution in [3.63, 3.8) is 0 Å². The molecule has 0 aromatic rings. The topological polar surface area (TPSA) is 18.8 Å². The van der Waals surface area contributed by atoms with E-state index in [0.717, 1.165) is 32.0 Å². The first-order chi connectivity index (χ1) is 8.10. The Morgan fingerprint density at radius 1 is 1.12 bits per heavy atom. The highest BCUT2D eigenvalue weighted by molar-refractivity contribution is 5.57. The second kappa shape index (κ2) is 10.7. The lowest BCUT2D eigenvalue weighted by Gasteiger charge is -2.17. The molecular formula is C14H31N3. The molecule has 0 amide bonds. The van der Waals surface area contributed by atoms with Crippen LogP contribution in [0.5, 0.6) is 0 Å². The van der Waals surface area contributed by atoms with Crippen LogP contribution in [0, 0.1) is 5.92 Å². The number of likely N-dealkylation sites (N-methyl/N-ethyl adjacent to an activating group) is 1. The summed E-state index contributed by atoms with van der Waals surface area (Å²) in [5.41, 5.74) is 0. The van der Waals surface area contributed by atoms with Crippen molar-refractivity contribution in [2.45, 2.75) is 33.1 Å². The third-order valence-electron chi connectivity index (χ3n) is 2.98. The largest absolute Gasteiger partial charge is 0.309 e. The van der Waals surface area contributed by atoms with Gasteiger partial charge in [0.2, 0.25) is 0 Å². The second-order valence-electron chi connectivity index (χ2n) is 5.16. The minimum atomic E-state index is 0.752. The van der Waals surface area contributed by atoms with E-state index < -0.39 is 0 Å². The first-order valence-corrected chi connectivity index (χ1v) is 6.91. The molecule has 0 aromatic carbocycles. The lowest BCUT2D eigenvalue weighted by Crippen LogP contribution is -2.23. The summed E-state index contributed by atoms with van der Waals surface area (Å²) >= 11 is 0. The summed E-state index contributed by atoms with van der Waals surface area (Å²) in [6.45, 7) is 8.83. The Morgan fingerprint density at radius 2 is 1.82 bits per heavy atom. The molecule has 102 valence electrons. The van der Waals surface area contributed by atoms with Crippen LogP contribution >= 0.6 is 0 Å². The summed E-state index contributed by atoms with van der Waals surface area (Å²) < 4.78 is 0. The summed E-state index contributed by atoms with van der Waals surface area (Å²) in [6.07, 6.45) is 5.70. The van der Waals surface area contributed by atoms with Crippen LogP contribution in [0.1, 0.15) is 33.1 Å². The Balaban J connectivity index is 3.63. The van der Waals surface area contributed by atoms with Crippen LogP contribution in [0.4, 0.5) is 0 Å². The van der Waals surface area contributed by atoms with Crippen molar-refractivity contribution in [2.75, 3.05) is 47.3 Å². The molecule has 0 bridgehead atoms. The van der Waals surface area contributed by atoms with Gasteiger partial charge < -0.3 is 9.80 Å². The molecule has 0 aromatic heterocycles. The van der Waals surface area contributed by atoms with Crippen LogP contribution < -0.4 is 0 Å². The Bertz CT molecular complexity index is 190. The lowest BCUT2D eigenvalue weighted by atomic mass is 10.0. The molecular weight excluding hydrogens is 210 g/mol. The zero-order valence-electron chi connectivity index (χ0n) is 12.4. The smallest absolute Gasteiger partial charge is 0.0512 e. The van der Waals surface area contributed by atoms with Gasteiger partial charge in [0.15, 0.2) is 0 Å². The predicted octanol–water partition coefficient (Wildman–Crippen LogP) is 2.38. The van der Waals surface area contributed by atoms with Crippen LogP contribution in [0.3, 0.4) is 0 Å². The van der Waals surface area contributed by atoms with Crippen LogP contribution in [0.15, 0.2) is 4.99 Å². The fraction of sp³-hybridized carbons (Fsp3) is 0.929. The van der Waals surface area contributed by atoms with Crippen molar-refractivity contribution in [2.24, 2.45) is 10.9 Å². The molecule has 0 aliphatic carbocycles. The number of hydrogen-bond acceptors (Lipinski definition) is 3. The van der Waals surface area contributed by atoms with Crippen LogP contribution in [0.2, 0.25) is 0 Å². The van der Waals surface area contributed by atoms with Gasteiger partial charge in [-0.15, -0.1) is 0 Å². The first-order valence-electron chi connectivity index (χ1n) is 6.91. The van der Waals surface area contributed by atoms with Gasteiger partial charge in [0.25, 0.3) is 0 Å². The van der Waals surface area contributed by atoms with Crippen LogP contribution in [-0.4, -0.2) is 63.3 Å². The second-order valence-corrected chi connectivity index (χ2v) is 5.16. The molecule has 0 radical (unpaired) electrons. The summed E-state index contributed by atoms with van der Waals surface area (Å²) in [5, 5.41) is 0. The maximum absolute atomic E-state index is 4.50. The average molecular weight is 241 g/mol. The zero-order valence-corrected chi connectivity index (χ0v) is 12.4.